The zero-order valence-electron chi connectivity index (χ0n) is 13.8. The van der Waals surface area contributed by atoms with Crippen molar-refractivity contribution < 1.29 is 18.7 Å². The molecule has 1 aliphatic heterocycles. The lowest BCUT2D eigenvalue weighted by Gasteiger charge is -2.33. The molecule has 0 saturated carbocycles. The second-order valence-corrected chi connectivity index (χ2v) is 5.55. The van der Waals surface area contributed by atoms with E-state index in [-0.39, 0.29) is 5.75 Å². The van der Waals surface area contributed by atoms with E-state index in [0.29, 0.717) is 5.56 Å². The molecule has 0 saturated heterocycles. The summed E-state index contributed by atoms with van der Waals surface area (Å²) in [5, 5.41) is 0. The van der Waals surface area contributed by atoms with E-state index >= 15 is 0 Å². The van der Waals surface area contributed by atoms with Gasteiger partial charge in [-0.05, 0) is 24.3 Å². The van der Waals surface area contributed by atoms with Gasteiger partial charge in [0.15, 0.2) is 0 Å². The molecule has 0 radical (unpaired) electrons. The summed E-state index contributed by atoms with van der Waals surface area (Å²) in [5.41, 5.74) is 0.178. The Bertz CT molecular complexity index is 822. The maximum atomic E-state index is 13.6. The van der Waals surface area contributed by atoms with Crippen LogP contribution in [0.3, 0.4) is 0 Å². The minimum absolute atomic E-state index is 0.258. The Kier molecular flexibility index (Phi) is 4.61. The minimum atomic E-state index is -1.04. The van der Waals surface area contributed by atoms with E-state index in [1.807, 2.05) is 12.1 Å². The number of rotatable bonds is 5. The number of ether oxygens (including phenoxy) is 2. The fraction of sp³-hybridized carbons (Fsp3) is 0.211. The second kappa shape index (κ2) is 6.84. The summed E-state index contributed by atoms with van der Waals surface area (Å²) in [5.74, 6) is -1.55. The lowest BCUT2D eigenvalue weighted by Crippen LogP contribution is -2.35. The molecule has 6 heteroatoms. The third-order valence-electron chi connectivity index (χ3n) is 4.23. The molecule has 0 amide bonds. The van der Waals surface area contributed by atoms with E-state index in [1.54, 1.807) is 30.8 Å². The van der Waals surface area contributed by atoms with Crippen molar-refractivity contribution in [1.82, 2.24) is 4.98 Å². The van der Waals surface area contributed by atoms with Crippen LogP contribution in [0.15, 0.2) is 59.9 Å². The first-order valence-corrected chi connectivity index (χ1v) is 7.67. The Labute approximate surface area is 144 Å². The van der Waals surface area contributed by atoms with Gasteiger partial charge in [0, 0.05) is 35.8 Å². The van der Waals surface area contributed by atoms with Crippen molar-refractivity contribution in [2.45, 2.75) is 11.5 Å². The first-order chi connectivity index (χ1) is 12.1. The molecule has 0 aliphatic carbocycles. The number of carbonyl (C=O) groups excluding carboxylic acids is 1. The standard InChI is InChI=1S/C19H17FN2O3/c1-24-16-11-14(20)6-7-15(16)17(18(23)25-2)19(8-4-10-22-19)13-5-3-9-21-12-13/h3-12,17H,1-2H3. The number of benzene rings is 1. The predicted octanol–water partition coefficient (Wildman–Crippen LogP) is 3.02. The van der Waals surface area contributed by atoms with Gasteiger partial charge >= 0.3 is 5.97 Å². The van der Waals surface area contributed by atoms with Crippen molar-refractivity contribution in [2.24, 2.45) is 4.99 Å². The van der Waals surface area contributed by atoms with Gasteiger partial charge in [0.1, 0.15) is 23.0 Å². The lowest BCUT2D eigenvalue weighted by atomic mass is 9.75. The van der Waals surface area contributed by atoms with Gasteiger partial charge in [-0.15, -0.1) is 0 Å². The Hall–Kier alpha value is -3.02. The molecular formula is C19H17FN2O3. The molecule has 2 unspecified atom stereocenters. The van der Waals surface area contributed by atoms with Crippen LogP contribution >= 0.6 is 0 Å². The molecule has 5 nitrogen and oxygen atoms in total. The van der Waals surface area contributed by atoms with Gasteiger partial charge in [0.05, 0.1) is 14.2 Å². The zero-order valence-corrected chi connectivity index (χ0v) is 13.8. The number of halogens is 1. The number of carbonyl (C=O) groups is 1. The molecule has 2 aromatic rings. The molecule has 2 heterocycles. The maximum absolute atomic E-state index is 13.6. The van der Waals surface area contributed by atoms with Crippen LogP contribution in [0.2, 0.25) is 0 Å². The fourth-order valence-electron chi connectivity index (χ4n) is 3.09. The van der Waals surface area contributed by atoms with Gasteiger partial charge in [-0.1, -0.05) is 12.1 Å². The number of nitrogens with zero attached hydrogens (tertiary/aromatic N) is 2. The van der Waals surface area contributed by atoms with Crippen molar-refractivity contribution in [1.29, 1.82) is 0 Å². The molecular weight excluding hydrogens is 323 g/mol. The van der Waals surface area contributed by atoms with Crippen LogP contribution in [0.4, 0.5) is 4.39 Å². The van der Waals surface area contributed by atoms with Gasteiger partial charge in [-0.2, -0.15) is 0 Å². The largest absolute Gasteiger partial charge is 0.496 e. The van der Waals surface area contributed by atoms with Crippen LogP contribution in [0.25, 0.3) is 0 Å². The summed E-state index contributed by atoms with van der Waals surface area (Å²) >= 11 is 0. The average molecular weight is 340 g/mol. The fourth-order valence-corrected chi connectivity index (χ4v) is 3.09. The maximum Gasteiger partial charge on any atom is 0.316 e. The van der Waals surface area contributed by atoms with Crippen LogP contribution in [-0.2, 0) is 15.1 Å². The van der Waals surface area contributed by atoms with Crippen molar-refractivity contribution in [3.63, 3.8) is 0 Å². The first-order valence-electron chi connectivity index (χ1n) is 7.67. The Morgan fingerprint density at radius 2 is 2.12 bits per heavy atom. The summed E-state index contributed by atoms with van der Waals surface area (Å²) in [4.78, 5) is 21.4. The van der Waals surface area contributed by atoms with Crippen LogP contribution in [0.1, 0.15) is 17.0 Å². The molecule has 128 valence electrons. The van der Waals surface area contributed by atoms with Crippen molar-refractivity contribution in [3.8, 4) is 5.75 Å². The highest BCUT2D eigenvalue weighted by Gasteiger charge is 2.46. The molecule has 1 aromatic heterocycles. The van der Waals surface area contributed by atoms with E-state index in [2.05, 4.69) is 9.98 Å². The number of pyridine rings is 1. The van der Waals surface area contributed by atoms with E-state index in [4.69, 9.17) is 9.47 Å². The molecule has 0 fully saturated rings. The highest BCUT2D eigenvalue weighted by atomic mass is 19.1. The molecule has 1 aliphatic rings. The van der Waals surface area contributed by atoms with Crippen LogP contribution in [-0.4, -0.2) is 31.4 Å². The van der Waals surface area contributed by atoms with Crippen molar-refractivity contribution in [3.05, 3.63) is 71.8 Å². The topological polar surface area (TPSA) is 60.8 Å². The van der Waals surface area contributed by atoms with E-state index < -0.39 is 23.2 Å². The smallest absolute Gasteiger partial charge is 0.316 e. The van der Waals surface area contributed by atoms with E-state index in [0.717, 1.165) is 5.56 Å². The van der Waals surface area contributed by atoms with Crippen LogP contribution in [0.5, 0.6) is 5.75 Å². The van der Waals surface area contributed by atoms with Gasteiger partial charge in [0.25, 0.3) is 0 Å². The number of hydrogen-bond donors (Lipinski definition) is 0. The minimum Gasteiger partial charge on any atom is -0.496 e. The second-order valence-electron chi connectivity index (χ2n) is 5.55. The van der Waals surface area contributed by atoms with Gasteiger partial charge < -0.3 is 9.47 Å². The average Bonchev–Trinajstić information content (AvgIpc) is 3.14. The number of hydrogen-bond acceptors (Lipinski definition) is 5. The summed E-state index contributed by atoms with van der Waals surface area (Å²) in [6, 6.07) is 7.66. The normalized spacial score (nSPS) is 19.6. The van der Waals surface area contributed by atoms with Crippen LogP contribution < -0.4 is 4.74 Å². The number of aliphatic imine (C=N–C) groups is 1. The highest BCUT2D eigenvalue weighted by molar-refractivity contribution is 5.85. The first kappa shape index (κ1) is 16.8. The molecule has 3 rings (SSSR count). The van der Waals surface area contributed by atoms with Crippen LogP contribution in [0, 0.1) is 5.82 Å². The van der Waals surface area contributed by atoms with Gasteiger partial charge in [0.2, 0.25) is 0 Å². The monoisotopic (exact) mass is 340 g/mol. The van der Waals surface area contributed by atoms with Gasteiger partial charge in [-0.3, -0.25) is 14.8 Å². The Morgan fingerprint density at radius 1 is 1.28 bits per heavy atom. The molecule has 0 bridgehead atoms. The molecule has 25 heavy (non-hydrogen) atoms. The molecule has 0 N–H and O–H groups in total. The summed E-state index contributed by atoms with van der Waals surface area (Å²) in [6.07, 6.45) is 8.50. The molecule has 1 aromatic carbocycles. The predicted molar refractivity (Wildman–Crippen MR) is 91.3 cm³/mol. The molecule has 0 spiro atoms. The number of methoxy groups -OCH3 is 2. The SMILES string of the molecule is COC(=O)C(c1ccc(F)cc1OC)C1(c2cccnc2)C=CC=N1. The summed E-state index contributed by atoms with van der Waals surface area (Å²) < 4.78 is 24.0. The highest BCUT2D eigenvalue weighted by Crippen LogP contribution is 2.46. The summed E-state index contributed by atoms with van der Waals surface area (Å²) in [6.45, 7) is 0. The number of allylic oxidation sites excluding steroid dienone is 1. The van der Waals surface area contributed by atoms with E-state index in [1.165, 1.54) is 32.4 Å². The number of aromatic nitrogens is 1. The Morgan fingerprint density at radius 3 is 2.72 bits per heavy atom. The van der Waals surface area contributed by atoms with Gasteiger partial charge in [-0.25, -0.2) is 4.39 Å². The van der Waals surface area contributed by atoms with Crippen molar-refractivity contribution >= 4 is 12.2 Å². The third kappa shape index (κ3) is 2.91. The quantitative estimate of drug-likeness (QED) is 0.785. The van der Waals surface area contributed by atoms with E-state index in [9.17, 15) is 9.18 Å². The number of esters is 1. The lowest BCUT2D eigenvalue weighted by molar-refractivity contribution is -0.143. The van der Waals surface area contributed by atoms with Crippen molar-refractivity contribution in [2.75, 3.05) is 14.2 Å². The Balaban J connectivity index is 2.24. The molecule has 2 atom stereocenters. The summed E-state index contributed by atoms with van der Waals surface area (Å²) in [7, 11) is 2.74. The zero-order chi connectivity index (χ0) is 17.9. The third-order valence-corrected chi connectivity index (χ3v) is 4.23.